The summed E-state index contributed by atoms with van der Waals surface area (Å²) in [6.07, 6.45) is 0. The number of hydrogen-bond donors (Lipinski definition) is 1. The van der Waals surface area contributed by atoms with E-state index in [0.29, 0.717) is 13.2 Å². The fourth-order valence-corrected chi connectivity index (χ4v) is 2.40. The summed E-state index contributed by atoms with van der Waals surface area (Å²) in [7, 11) is 0. The van der Waals surface area contributed by atoms with Crippen molar-refractivity contribution in [3.8, 4) is 5.75 Å². The Morgan fingerprint density at radius 3 is 2.65 bits per heavy atom. The van der Waals surface area contributed by atoms with Crippen LogP contribution in [0, 0.1) is 6.92 Å². The largest absolute Gasteiger partial charge is 0.488 e. The van der Waals surface area contributed by atoms with Crippen LogP contribution in [-0.4, -0.2) is 0 Å². The number of thiophene rings is 1. The van der Waals surface area contributed by atoms with E-state index >= 15 is 0 Å². The normalized spacial score (nSPS) is 10.5. The molecule has 0 fully saturated rings. The minimum atomic E-state index is 0.575. The van der Waals surface area contributed by atoms with Gasteiger partial charge in [0, 0.05) is 21.3 Å². The standard InChI is InChI=1S/C13H14ClNOS/c1-9-6-10(2-5-13(9)14)16-8-12-4-3-11(7-15)17-12/h2-6H,7-8,15H2,1H3. The molecule has 2 rings (SSSR count). The van der Waals surface area contributed by atoms with E-state index in [1.165, 1.54) is 9.75 Å². The van der Waals surface area contributed by atoms with Crippen LogP contribution < -0.4 is 10.5 Å². The third kappa shape index (κ3) is 3.22. The lowest BCUT2D eigenvalue weighted by molar-refractivity contribution is 0.309. The number of nitrogens with two attached hydrogens (primary N) is 1. The van der Waals surface area contributed by atoms with Crippen LogP contribution in [0.1, 0.15) is 15.3 Å². The fraction of sp³-hybridized carbons (Fsp3) is 0.231. The molecule has 90 valence electrons. The van der Waals surface area contributed by atoms with E-state index in [0.717, 1.165) is 16.3 Å². The third-order valence-electron chi connectivity index (χ3n) is 2.43. The first-order chi connectivity index (χ1) is 8.19. The Balaban J connectivity index is 1.99. The summed E-state index contributed by atoms with van der Waals surface area (Å²) < 4.78 is 5.70. The number of halogens is 1. The van der Waals surface area contributed by atoms with Gasteiger partial charge in [-0.15, -0.1) is 11.3 Å². The van der Waals surface area contributed by atoms with E-state index in [-0.39, 0.29) is 0 Å². The first-order valence-electron chi connectivity index (χ1n) is 5.35. The molecule has 4 heteroatoms. The lowest BCUT2D eigenvalue weighted by Crippen LogP contribution is -1.93. The predicted octanol–water partition coefficient (Wildman–Crippen LogP) is 3.75. The minimum absolute atomic E-state index is 0.575. The van der Waals surface area contributed by atoms with Gasteiger partial charge in [0.2, 0.25) is 0 Å². The van der Waals surface area contributed by atoms with Gasteiger partial charge in [0.1, 0.15) is 12.4 Å². The van der Waals surface area contributed by atoms with Crippen molar-refractivity contribution in [1.29, 1.82) is 0 Å². The Bertz CT molecular complexity index is 510. The van der Waals surface area contributed by atoms with Gasteiger partial charge < -0.3 is 10.5 Å². The lowest BCUT2D eigenvalue weighted by Gasteiger charge is -2.06. The summed E-state index contributed by atoms with van der Waals surface area (Å²) in [6.45, 7) is 3.13. The first kappa shape index (κ1) is 12.4. The highest BCUT2D eigenvalue weighted by Gasteiger charge is 2.02. The molecule has 0 atom stereocenters. The van der Waals surface area contributed by atoms with Crippen molar-refractivity contribution in [2.75, 3.05) is 0 Å². The second kappa shape index (κ2) is 5.54. The summed E-state index contributed by atoms with van der Waals surface area (Å²) >= 11 is 7.64. The number of hydrogen-bond acceptors (Lipinski definition) is 3. The molecule has 1 aromatic heterocycles. The summed E-state index contributed by atoms with van der Waals surface area (Å²) in [5.74, 6) is 0.842. The molecule has 0 aliphatic heterocycles. The van der Waals surface area contributed by atoms with Crippen LogP contribution in [0.4, 0.5) is 0 Å². The smallest absolute Gasteiger partial charge is 0.122 e. The Morgan fingerprint density at radius 2 is 2.00 bits per heavy atom. The molecule has 2 N–H and O–H groups in total. The van der Waals surface area contributed by atoms with Gasteiger partial charge in [-0.25, -0.2) is 0 Å². The van der Waals surface area contributed by atoms with E-state index in [1.54, 1.807) is 11.3 Å². The van der Waals surface area contributed by atoms with E-state index in [4.69, 9.17) is 22.1 Å². The molecule has 0 aliphatic rings. The first-order valence-corrected chi connectivity index (χ1v) is 6.55. The molecule has 17 heavy (non-hydrogen) atoms. The van der Waals surface area contributed by atoms with Crippen LogP contribution in [0.3, 0.4) is 0 Å². The van der Waals surface area contributed by atoms with Crippen LogP contribution in [0.25, 0.3) is 0 Å². The number of rotatable bonds is 4. The molecule has 0 spiro atoms. The van der Waals surface area contributed by atoms with Crippen molar-refractivity contribution in [3.05, 3.63) is 50.7 Å². The zero-order valence-corrected chi connectivity index (χ0v) is 11.1. The van der Waals surface area contributed by atoms with E-state index in [9.17, 15) is 0 Å². The van der Waals surface area contributed by atoms with Crippen LogP contribution >= 0.6 is 22.9 Å². The third-order valence-corrected chi connectivity index (χ3v) is 3.93. The second-order valence-electron chi connectivity index (χ2n) is 3.77. The average Bonchev–Trinajstić information content (AvgIpc) is 2.79. The zero-order chi connectivity index (χ0) is 12.3. The van der Waals surface area contributed by atoms with Gasteiger partial charge in [0.15, 0.2) is 0 Å². The van der Waals surface area contributed by atoms with Gasteiger partial charge in [-0.3, -0.25) is 0 Å². The van der Waals surface area contributed by atoms with Crippen molar-refractivity contribution in [2.45, 2.75) is 20.1 Å². The number of aryl methyl sites for hydroxylation is 1. The maximum atomic E-state index is 5.95. The maximum absolute atomic E-state index is 5.95. The SMILES string of the molecule is Cc1cc(OCc2ccc(CN)s2)ccc1Cl. The minimum Gasteiger partial charge on any atom is -0.488 e. The highest BCUT2D eigenvalue weighted by atomic mass is 35.5. The molecular weight excluding hydrogens is 254 g/mol. The maximum Gasteiger partial charge on any atom is 0.122 e. The molecule has 0 unspecified atom stereocenters. The molecule has 0 aliphatic carbocycles. The van der Waals surface area contributed by atoms with Crippen LogP contribution in [0.5, 0.6) is 5.75 Å². The van der Waals surface area contributed by atoms with Gasteiger partial charge in [-0.2, -0.15) is 0 Å². The molecule has 0 bridgehead atoms. The van der Waals surface area contributed by atoms with Crippen molar-refractivity contribution in [3.63, 3.8) is 0 Å². The van der Waals surface area contributed by atoms with Crippen LogP contribution in [0.2, 0.25) is 5.02 Å². The Hall–Kier alpha value is -1.03. The Kier molecular flexibility index (Phi) is 4.05. The van der Waals surface area contributed by atoms with Crippen molar-refractivity contribution >= 4 is 22.9 Å². The van der Waals surface area contributed by atoms with Gasteiger partial charge in [-0.05, 0) is 42.8 Å². The topological polar surface area (TPSA) is 35.2 Å². The van der Waals surface area contributed by atoms with Crippen molar-refractivity contribution < 1.29 is 4.74 Å². The van der Waals surface area contributed by atoms with E-state index < -0.39 is 0 Å². The van der Waals surface area contributed by atoms with Gasteiger partial charge in [0.25, 0.3) is 0 Å². The van der Waals surface area contributed by atoms with Gasteiger partial charge >= 0.3 is 0 Å². The highest BCUT2D eigenvalue weighted by molar-refractivity contribution is 7.11. The lowest BCUT2D eigenvalue weighted by atomic mass is 10.2. The fourth-order valence-electron chi connectivity index (χ4n) is 1.47. The van der Waals surface area contributed by atoms with E-state index in [1.807, 2.05) is 31.2 Å². The Morgan fingerprint density at radius 1 is 1.24 bits per heavy atom. The quantitative estimate of drug-likeness (QED) is 0.916. The van der Waals surface area contributed by atoms with Crippen molar-refractivity contribution in [1.82, 2.24) is 0 Å². The monoisotopic (exact) mass is 267 g/mol. The van der Waals surface area contributed by atoms with Gasteiger partial charge in [-0.1, -0.05) is 11.6 Å². The Labute approximate surface area is 110 Å². The van der Waals surface area contributed by atoms with Crippen molar-refractivity contribution in [2.24, 2.45) is 5.73 Å². The highest BCUT2D eigenvalue weighted by Crippen LogP contribution is 2.23. The second-order valence-corrected chi connectivity index (χ2v) is 5.43. The summed E-state index contributed by atoms with van der Waals surface area (Å²) in [6, 6.07) is 9.77. The average molecular weight is 268 g/mol. The molecule has 2 aromatic rings. The molecule has 0 saturated carbocycles. The zero-order valence-electron chi connectivity index (χ0n) is 9.57. The molecule has 0 amide bonds. The molecule has 1 heterocycles. The summed E-state index contributed by atoms with van der Waals surface area (Å²) in [5, 5.41) is 0.763. The number of benzene rings is 1. The molecule has 0 saturated heterocycles. The summed E-state index contributed by atoms with van der Waals surface area (Å²) in [5.41, 5.74) is 6.59. The van der Waals surface area contributed by atoms with Crippen LogP contribution in [-0.2, 0) is 13.2 Å². The molecular formula is C13H14ClNOS. The van der Waals surface area contributed by atoms with E-state index in [2.05, 4.69) is 6.07 Å². The number of ether oxygens (including phenoxy) is 1. The molecule has 1 aromatic carbocycles. The van der Waals surface area contributed by atoms with Crippen LogP contribution in [0.15, 0.2) is 30.3 Å². The summed E-state index contributed by atoms with van der Waals surface area (Å²) in [4.78, 5) is 2.36. The molecule has 2 nitrogen and oxygen atoms in total. The predicted molar refractivity (Wildman–Crippen MR) is 72.7 cm³/mol. The van der Waals surface area contributed by atoms with Gasteiger partial charge in [0.05, 0.1) is 0 Å². The molecule has 0 radical (unpaired) electrons.